The lowest BCUT2D eigenvalue weighted by atomic mass is 10.2. The van der Waals surface area contributed by atoms with E-state index in [0.29, 0.717) is 11.0 Å². The van der Waals surface area contributed by atoms with E-state index in [0.717, 1.165) is 0 Å². The number of carboxylic acid groups (broad SMARTS) is 1. The van der Waals surface area contributed by atoms with Crippen molar-refractivity contribution >= 4 is 23.0 Å². The number of nitrogens with zero attached hydrogens (tertiary/aromatic N) is 2. The van der Waals surface area contributed by atoms with Gasteiger partial charge in [0.1, 0.15) is 6.54 Å². The predicted molar refractivity (Wildman–Crippen MR) is 58.7 cm³/mol. The number of hydrogen-bond acceptors (Lipinski definition) is 4. The van der Waals surface area contributed by atoms with Crippen LogP contribution in [0.1, 0.15) is 10.4 Å². The molecule has 0 aliphatic rings. The van der Waals surface area contributed by atoms with Crippen molar-refractivity contribution in [1.82, 2.24) is 9.55 Å². The number of methoxy groups -OCH3 is 1. The Morgan fingerprint density at radius 1 is 1.47 bits per heavy atom. The van der Waals surface area contributed by atoms with E-state index in [1.54, 1.807) is 10.6 Å². The number of benzene rings is 1. The van der Waals surface area contributed by atoms with Crippen LogP contribution < -0.4 is 0 Å². The largest absolute Gasteiger partial charge is 0.478 e. The summed E-state index contributed by atoms with van der Waals surface area (Å²) in [5, 5.41) is 8.88. The quantitative estimate of drug-likeness (QED) is 0.798. The van der Waals surface area contributed by atoms with Gasteiger partial charge in [-0.05, 0) is 18.2 Å². The summed E-state index contributed by atoms with van der Waals surface area (Å²) in [5.74, 6) is -1.43. The maximum absolute atomic E-state index is 11.2. The normalized spacial score (nSPS) is 10.4. The molecule has 0 aliphatic heterocycles. The van der Waals surface area contributed by atoms with E-state index in [1.807, 2.05) is 0 Å². The van der Waals surface area contributed by atoms with Crippen molar-refractivity contribution in [3.05, 3.63) is 30.1 Å². The third-order valence-corrected chi connectivity index (χ3v) is 2.40. The summed E-state index contributed by atoms with van der Waals surface area (Å²) < 4.78 is 6.10. The Morgan fingerprint density at radius 3 is 2.88 bits per heavy atom. The molecule has 6 nitrogen and oxygen atoms in total. The van der Waals surface area contributed by atoms with Crippen LogP contribution in [-0.2, 0) is 16.1 Å². The average Bonchev–Trinajstić information content (AvgIpc) is 2.71. The summed E-state index contributed by atoms with van der Waals surface area (Å²) in [4.78, 5) is 26.1. The Kier molecular flexibility index (Phi) is 2.78. The lowest BCUT2D eigenvalue weighted by Gasteiger charge is -2.02. The number of aromatic nitrogens is 2. The van der Waals surface area contributed by atoms with Crippen molar-refractivity contribution in [2.24, 2.45) is 0 Å². The Bertz CT molecular complexity index is 588. The SMILES string of the molecule is COC(=O)Cn1cnc2ccc(C(=O)O)cc21. The number of carboxylic acids is 1. The first-order valence-corrected chi connectivity index (χ1v) is 4.87. The van der Waals surface area contributed by atoms with E-state index in [9.17, 15) is 9.59 Å². The van der Waals surface area contributed by atoms with Gasteiger partial charge in [-0.15, -0.1) is 0 Å². The zero-order valence-electron chi connectivity index (χ0n) is 9.08. The van der Waals surface area contributed by atoms with Gasteiger partial charge in [-0.2, -0.15) is 0 Å². The van der Waals surface area contributed by atoms with Crippen LogP contribution in [0.4, 0.5) is 0 Å². The van der Waals surface area contributed by atoms with Gasteiger partial charge in [0.25, 0.3) is 0 Å². The number of aromatic carboxylic acids is 1. The standard InChI is InChI=1S/C11H10N2O4/c1-17-10(14)5-13-6-12-8-3-2-7(11(15)16)4-9(8)13/h2-4,6H,5H2,1H3,(H,15,16). The second-order valence-corrected chi connectivity index (χ2v) is 3.46. The molecule has 88 valence electrons. The molecule has 0 spiro atoms. The molecule has 2 rings (SSSR count). The van der Waals surface area contributed by atoms with Gasteiger partial charge in [-0.3, -0.25) is 4.79 Å². The molecular formula is C11H10N2O4. The molecule has 1 heterocycles. The Balaban J connectivity index is 2.46. The summed E-state index contributed by atoms with van der Waals surface area (Å²) in [5.41, 5.74) is 1.39. The van der Waals surface area contributed by atoms with Crippen LogP contribution in [0.25, 0.3) is 11.0 Å². The third-order valence-electron chi connectivity index (χ3n) is 2.40. The molecule has 1 aromatic carbocycles. The highest BCUT2D eigenvalue weighted by Crippen LogP contribution is 2.15. The Hall–Kier alpha value is -2.37. The monoisotopic (exact) mass is 234 g/mol. The number of ether oxygens (including phenoxy) is 1. The van der Waals surface area contributed by atoms with E-state index in [2.05, 4.69) is 9.72 Å². The first-order valence-electron chi connectivity index (χ1n) is 4.87. The van der Waals surface area contributed by atoms with E-state index in [1.165, 1.54) is 25.6 Å². The molecule has 0 bridgehead atoms. The van der Waals surface area contributed by atoms with E-state index >= 15 is 0 Å². The van der Waals surface area contributed by atoms with Gasteiger partial charge in [0.15, 0.2) is 0 Å². The molecule has 0 unspecified atom stereocenters. The highest BCUT2D eigenvalue weighted by Gasteiger charge is 2.10. The molecule has 0 saturated carbocycles. The van der Waals surface area contributed by atoms with Crippen molar-refractivity contribution in [2.45, 2.75) is 6.54 Å². The minimum Gasteiger partial charge on any atom is -0.478 e. The lowest BCUT2D eigenvalue weighted by molar-refractivity contribution is -0.141. The van der Waals surface area contributed by atoms with Crippen molar-refractivity contribution in [1.29, 1.82) is 0 Å². The van der Waals surface area contributed by atoms with Crippen LogP contribution in [-0.4, -0.2) is 33.7 Å². The molecule has 0 saturated heterocycles. The highest BCUT2D eigenvalue weighted by atomic mass is 16.5. The Labute approximate surface area is 96.4 Å². The molecule has 2 aromatic rings. The molecule has 0 atom stereocenters. The number of carbonyl (C=O) groups is 2. The zero-order valence-corrected chi connectivity index (χ0v) is 9.08. The summed E-state index contributed by atoms with van der Waals surface area (Å²) in [6, 6.07) is 4.56. The van der Waals surface area contributed by atoms with Crippen LogP contribution in [0, 0.1) is 0 Å². The van der Waals surface area contributed by atoms with Crippen LogP contribution in [0.3, 0.4) is 0 Å². The first-order chi connectivity index (χ1) is 8.11. The molecule has 0 amide bonds. The molecule has 0 fully saturated rings. The maximum atomic E-state index is 11.2. The number of esters is 1. The predicted octanol–water partition coefficient (Wildman–Crippen LogP) is 0.907. The number of fused-ring (bicyclic) bond motifs is 1. The van der Waals surface area contributed by atoms with Crippen LogP contribution in [0.5, 0.6) is 0 Å². The van der Waals surface area contributed by atoms with E-state index in [4.69, 9.17) is 5.11 Å². The second-order valence-electron chi connectivity index (χ2n) is 3.46. The van der Waals surface area contributed by atoms with Crippen molar-refractivity contribution in [3.8, 4) is 0 Å². The summed E-state index contributed by atoms with van der Waals surface area (Å²) in [7, 11) is 1.30. The van der Waals surface area contributed by atoms with E-state index in [-0.39, 0.29) is 12.1 Å². The van der Waals surface area contributed by atoms with Crippen molar-refractivity contribution in [3.63, 3.8) is 0 Å². The smallest absolute Gasteiger partial charge is 0.335 e. The molecule has 0 radical (unpaired) electrons. The van der Waals surface area contributed by atoms with Gasteiger partial charge in [-0.25, -0.2) is 9.78 Å². The average molecular weight is 234 g/mol. The first kappa shape index (κ1) is 11.1. The minimum atomic E-state index is -1.02. The maximum Gasteiger partial charge on any atom is 0.335 e. The topological polar surface area (TPSA) is 81.4 Å². The minimum absolute atomic E-state index is 0.00999. The van der Waals surface area contributed by atoms with Crippen LogP contribution in [0.15, 0.2) is 24.5 Å². The van der Waals surface area contributed by atoms with Gasteiger partial charge >= 0.3 is 11.9 Å². The number of carbonyl (C=O) groups excluding carboxylic acids is 1. The van der Waals surface area contributed by atoms with Crippen molar-refractivity contribution < 1.29 is 19.4 Å². The Morgan fingerprint density at radius 2 is 2.24 bits per heavy atom. The molecule has 0 aliphatic carbocycles. The number of hydrogen-bond donors (Lipinski definition) is 1. The zero-order chi connectivity index (χ0) is 12.4. The van der Waals surface area contributed by atoms with Gasteiger partial charge < -0.3 is 14.4 Å². The lowest BCUT2D eigenvalue weighted by Crippen LogP contribution is -2.10. The summed E-state index contributed by atoms with van der Waals surface area (Å²) >= 11 is 0. The van der Waals surface area contributed by atoms with E-state index < -0.39 is 11.9 Å². The fraction of sp³-hybridized carbons (Fsp3) is 0.182. The molecule has 1 N–H and O–H groups in total. The van der Waals surface area contributed by atoms with Crippen molar-refractivity contribution in [2.75, 3.05) is 7.11 Å². The molecule has 1 aromatic heterocycles. The summed E-state index contributed by atoms with van der Waals surface area (Å²) in [6.07, 6.45) is 1.48. The van der Waals surface area contributed by atoms with Gasteiger partial charge in [0, 0.05) is 0 Å². The van der Waals surface area contributed by atoms with Gasteiger partial charge in [-0.1, -0.05) is 0 Å². The molecule has 6 heteroatoms. The fourth-order valence-electron chi connectivity index (χ4n) is 1.52. The number of rotatable bonds is 3. The highest BCUT2D eigenvalue weighted by molar-refractivity contribution is 5.92. The van der Waals surface area contributed by atoms with Gasteiger partial charge in [0.05, 0.1) is 30.0 Å². The fourth-order valence-corrected chi connectivity index (χ4v) is 1.52. The third kappa shape index (κ3) is 2.10. The van der Waals surface area contributed by atoms with Crippen LogP contribution in [0.2, 0.25) is 0 Å². The number of imidazole rings is 1. The van der Waals surface area contributed by atoms with Crippen LogP contribution >= 0.6 is 0 Å². The summed E-state index contributed by atoms with van der Waals surface area (Å²) in [6.45, 7) is 0.00999. The van der Waals surface area contributed by atoms with Gasteiger partial charge in [0.2, 0.25) is 0 Å². The molecular weight excluding hydrogens is 224 g/mol. The molecule has 17 heavy (non-hydrogen) atoms. The second kappa shape index (κ2) is 4.25.